The number of nitrogens with one attached hydrogen (secondary N) is 1. The quantitative estimate of drug-likeness (QED) is 0.945. The van der Waals surface area contributed by atoms with Crippen molar-refractivity contribution in [3.8, 4) is 17.6 Å². The normalized spacial score (nSPS) is 12.6. The zero-order chi connectivity index (χ0) is 15.5. The second kappa shape index (κ2) is 5.74. The van der Waals surface area contributed by atoms with E-state index in [-0.39, 0.29) is 24.7 Å². The molecule has 0 fully saturated rings. The first kappa shape index (κ1) is 13.9. The third-order valence-electron chi connectivity index (χ3n) is 3.16. The van der Waals surface area contributed by atoms with Gasteiger partial charge in [0.1, 0.15) is 35.7 Å². The SMILES string of the molecule is N#Cc1cc(COc2cccc3c2NC(=O)CO3)ccc1F. The highest BCUT2D eigenvalue weighted by molar-refractivity contribution is 5.97. The summed E-state index contributed by atoms with van der Waals surface area (Å²) in [5.41, 5.74) is 1.09. The van der Waals surface area contributed by atoms with E-state index < -0.39 is 5.82 Å². The molecule has 1 N–H and O–H groups in total. The summed E-state index contributed by atoms with van der Waals surface area (Å²) < 4.78 is 24.2. The number of anilines is 1. The summed E-state index contributed by atoms with van der Waals surface area (Å²) >= 11 is 0. The molecule has 2 aromatic rings. The third kappa shape index (κ3) is 2.69. The van der Waals surface area contributed by atoms with Crippen LogP contribution in [0.15, 0.2) is 36.4 Å². The molecule has 5 nitrogen and oxygen atoms in total. The molecule has 0 radical (unpaired) electrons. The fraction of sp³-hybridized carbons (Fsp3) is 0.125. The molecular formula is C16H11FN2O3. The van der Waals surface area contributed by atoms with Crippen molar-refractivity contribution in [3.63, 3.8) is 0 Å². The van der Waals surface area contributed by atoms with Gasteiger partial charge in [-0.05, 0) is 29.8 Å². The Morgan fingerprint density at radius 2 is 2.23 bits per heavy atom. The second-order valence-corrected chi connectivity index (χ2v) is 4.68. The summed E-state index contributed by atoms with van der Waals surface area (Å²) in [7, 11) is 0. The van der Waals surface area contributed by atoms with Crippen LogP contribution in [0.25, 0.3) is 0 Å². The molecule has 0 atom stereocenters. The molecule has 0 spiro atoms. The van der Waals surface area contributed by atoms with Crippen LogP contribution in [0.2, 0.25) is 0 Å². The monoisotopic (exact) mass is 298 g/mol. The highest BCUT2D eigenvalue weighted by Gasteiger charge is 2.19. The molecule has 0 aromatic heterocycles. The van der Waals surface area contributed by atoms with Crippen LogP contribution in [0, 0.1) is 17.1 Å². The van der Waals surface area contributed by atoms with E-state index in [0.29, 0.717) is 22.7 Å². The van der Waals surface area contributed by atoms with Gasteiger partial charge in [0.05, 0.1) is 5.56 Å². The fourth-order valence-electron chi connectivity index (χ4n) is 2.10. The Morgan fingerprint density at radius 3 is 3.05 bits per heavy atom. The Morgan fingerprint density at radius 1 is 1.36 bits per heavy atom. The second-order valence-electron chi connectivity index (χ2n) is 4.68. The Labute approximate surface area is 125 Å². The van der Waals surface area contributed by atoms with E-state index in [2.05, 4.69) is 5.32 Å². The van der Waals surface area contributed by atoms with Crippen molar-refractivity contribution in [2.75, 3.05) is 11.9 Å². The Kier molecular flexibility index (Phi) is 3.62. The van der Waals surface area contributed by atoms with Crippen molar-refractivity contribution in [1.29, 1.82) is 5.26 Å². The van der Waals surface area contributed by atoms with Gasteiger partial charge < -0.3 is 14.8 Å². The van der Waals surface area contributed by atoms with Gasteiger partial charge in [-0.15, -0.1) is 0 Å². The maximum Gasteiger partial charge on any atom is 0.262 e. The zero-order valence-electron chi connectivity index (χ0n) is 11.4. The highest BCUT2D eigenvalue weighted by Crippen LogP contribution is 2.36. The predicted octanol–water partition coefficient (Wildman–Crippen LogP) is 2.61. The Balaban J connectivity index is 1.80. The number of amides is 1. The standard InChI is InChI=1S/C16H11FN2O3/c17-12-5-4-10(6-11(12)7-18)8-21-13-2-1-3-14-16(13)19-15(20)9-22-14/h1-6H,8-9H2,(H,19,20). The molecule has 22 heavy (non-hydrogen) atoms. The van der Waals surface area contributed by atoms with Gasteiger partial charge >= 0.3 is 0 Å². The van der Waals surface area contributed by atoms with Gasteiger partial charge in [-0.25, -0.2) is 4.39 Å². The number of ether oxygens (including phenoxy) is 2. The van der Waals surface area contributed by atoms with E-state index in [4.69, 9.17) is 14.7 Å². The molecule has 3 rings (SSSR count). The van der Waals surface area contributed by atoms with Crippen LogP contribution in [0.5, 0.6) is 11.5 Å². The summed E-state index contributed by atoms with van der Waals surface area (Å²) in [4.78, 5) is 11.4. The maximum absolute atomic E-state index is 13.3. The van der Waals surface area contributed by atoms with Gasteiger partial charge in [-0.2, -0.15) is 5.26 Å². The van der Waals surface area contributed by atoms with Crippen molar-refractivity contribution >= 4 is 11.6 Å². The van der Waals surface area contributed by atoms with Crippen molar-refractivity contribution < 1.29 is 18.7 Å². The van der Waals surface area contributed by atoms with Gasteiger partial charge in [-0.1, -0.05) is 12.1 Å². The summed E-state index contributed by atoms with van der Waals surface area (Å²) in [6.45, 7) is 0.112. The van der Waals surface area contributed by atoms with Crippen LogP contribution in [-0.4, -0.2) is 12.5 Å². The summed E-state index contributed by atoms with van der Waals surface area (Å²) in [5.74, 6) is 0.170. The fourth-order valence-corrected chi connectivity index (χ4v) is 2.10. The minimum atomic E-state index is -0.566. The van der Waals surface area contributed by atoms with E-state index >= 15 is 0 Å². The molecular weight excluding hydrogens is 287 g/mol. The van der Waals surface area contributed by atoms with Crippen LogP contribution >= 0.6 is 0 Å². The first-order chi connectivity index (χ1) is 10.7. The van der Waals surface area contributed by atoms with Gasteiger partial charge in [0.25, 0.3) is 5.91 Å². The molecule has 0 bridgehead atoms. The molecule has 1 aliphatic heterocycles. The Bertz CT molecular complexity index is 783. The number of carbonyl (C=O) groups excluding carboxylic acids is 1. The van der Waals surface area contributed by atoms with Gasteiger partial charge in [0.2, 0.25) is 0 Å². The number of halogens is 1. The molecule has 2 aromatic carbocycles. The van der Waals surface area contributed by atoms with E-state index in [0.717, 1.165) is 0 Å². The molecule has 0 saturated heterocycles. The molecule has 0 unspecified atom stereocenters. The maximum atomic E-state index is 13.3. The first-order valence-electron chi connectivity index (χ1n) is 6.54. The van der Waals surface area contributed by atoms with Crippen LogP contribution in [0.3, 0.4) is 0 Å². The molecule has 110 valence electrons. The number of hydrogen-bond acceptors (Lipinski definition) is 4. The number of hydrogen-bond donors (Lipinski definition) is 1. The predicted molar refractivity (Wildman–Crippen MR) is 76.0 cm³/mol. The van der Waals surface area contributed by atoms with Crippen molar-refractivity contribution in [3.05, 3.63) is 53.3 Å². The zero-order valence-corrected chi connectivity index (χ0v) is 11.4. The Hall–Kier alpha value is -3.07. The van der Waals surface area contributed by atoms with Crippen LogP contribution in [0.1, 0.15) is 11.1 Å². The van der Waals surface area contributed by atoms with E-state index in [1.807, 2.05) is 0 Å². The van der Waals surface area contributed by atoms with E-state index in [1.54, 1.807) is 30.3 Å². The molecule has 0 saturated carbocycles. The lowest BCUT2D eigenvalue weighted by molar-refractivity contribution is -0.118. The first-order valence-corrected chi connectivity index (χ1v) is 6.54. The third-order valence-corrected chi connectivity index (χ3v) is 3.16. The van der Waals surface area contributed by atoms with E-state index in [1.165, 1.54) is 12.1 Å². The van der Waals surface area contributed by atoms with Gasteiger partial charge in [0, 0.05) is 0 Å². The lowest BCUT2D eigenvalue weighted by atomic mass is 10.1. The minimum Gasteiger partial charge on any atom is -0.487 e. The van der Waals surface area contributed by atoms with Crippen LogP contribution in [-0.2, 0) is 11.4 Å². The lowest BCUT2D eigenvalue weighted by Crippen LogP contribution is -2.25. The lowest BCUT2D eigenvalue weighted by Gasteiger charge is -2.20. The summed E-state index contributed by atoms with van der Waals surface area (Å²) in [6, 6.07) is 11.2. The molecule has 6 heteroatoms. The number of rotatable bonds is 3. The summed E-state index contributed by atoms with van der Waals surface area (Å²) in [5, 5.41) is 11.5. The topological polar surface area (TPSA) is 71.3 Å². The molecule has 1 amide bonds. The molecule has 1 aliphatic rings. The number of fused-ring (bicyclic) bond motifs is 1. The average molecular weight is 298 g/mol. The van der Waals surface area contributed by atoms with E-state index in [9.17, 15) is 9.18 Å². The highest BCUT2D eigenvalue weighted by atomic mass is 19.1. The van der Waals surface area contributed by atoms with Crippen LogP contribution < -0.4 is 14.8 Å². The van der Waals surface area contributed by atoms with Crippen molar-refractivity contribution in [1.82, 2.24) is 0 Å². The largest absolute Gasteiger partial charge is 0.487 e. The molecule has 0 aliphatic carbocycles. The van der Waals surface area contributed by atoms with Gasteiger partial charge in [-0.3, -0.25) is 4.79 Å². The average Bonchev–Trinajstić information content (AvgIpc) is 2.54. The van der Waals surface area contributed by atoms with Crippen molar-refractivity contribution in [2.24, 2.45) is 0 Å². The van der Waals surface area contributed by atoms with Gasteiger partial charge in [0.15, 0.2) is 6.61 Å². The number of nitrogens with zero attached hydrogens (tertiary/aromatic N) is 1. The number of carbonyl (C=O) groups is 1. The number of para-hydroxylation sites is 1. The molecule has 1 heterocycles. The number of nitriles is 1. The minimum absolute atomic E-state index is 0.0278. The summed E-state index contributed by atoms with van der Waals surface area (Å²) in [6.07, 6.45) is 0. The van der Waals surface area contributed by atoms with Crippen molar-refractivity contribution in [2.45, 2.75) is 6.61 Å². The smallest absolute Gasteiger partial charge is 0.262 e. The van der Waals surface area contributed by atoms with Crippen LogP contribution in [0.4, 0.5) is 10.1 Å². The number of benzene rings is 2.